The molecule has 1 saturated carbocycles. The van der Waals surface area contributed by atoms with Crippen LogP contribution < -0.4 is 10.6 Å². The summed E-state index contributed by atoms with van der Waals surface area (Å²) in [6.07, 6.45) is 7.22. The summed E-state index contributed by atoms with van der Waals surface area (Å²) in [5.41, 5.74) is 0.359. The van der Waals surface area contributed by atoms with Crippen LogP contribution in [0.25, 0.3) is 0 Å². The molecule has 5 heteroatoms. The molecule has 1 fully saturated rings. The molecule has 0 heterocycles. The van der Waals surface area contributed by atoms with Crippen molar-refractivity contribution in [2.75, 3.05) is 19.3 Å². The Morgan fingerprint density at radius 2 is 2.00 bits per heavy atom. The number of hydrogen-bond acceptors (Lipinski definition) is 2. The molecule has 1 aliphatic carbocycles. The molecule has 0 aromatic heterocycles. The van der Waals surface area contributed by atoms with Crippen LogP contribution in [0.2, 0.25) is 0 Å². The SMILES string of the molecule is CCNC(=NCCC(C)(C)C)NC1CCC(SC)C1.I. The van der Waals surface area contributed by atoms with Gasteiger partial charge in [-0.15, -0.1) is 24.0 Å². The summed E-state index contributed by atoms with van der Waals surface area (Å²) in [4.78, 5) is 4.70. The minimum absolute atomic E-state index is 0. The molecule has 0 radical (unpaired) electrons. The highest BCUT2D eigenvalue weighted by atomic mass is 127. The van der Waals surface area contributed by atoms with Gasteiger partial charge in [0.15, 0.2) is 5.96 Å². The second-order valence-corrected chi connectivity index (χ2v) is 7.72. The van der Waals surface area contributed by atoms with E-state index in [1.165, 1.54) is 19.3 Å². The first-order chi connectivity index (χ1) is 8.94. The van der Waals surface area contributed by atoms with Crippen molar-refractivity contribution in [1.29, 1.82) is 0 Å². The second kappa shape index (κ2) is 10.1. The number of nitrogens with zero attached hydrogens (tertiary/aromatic N) is 1. The summed E-state index contributed by atoms with van der Waals surface area (Å²) < 4.78 is 0. The summed E-state index contributed by atoms with van der Waals surface area (Å²) in [6, 6.07) is 0.602. The predicted molar refractivity (Wildman–Crippen MR) is 104 cm³/mol. The molecule has 120 valence electrons. The van der Waals surface area contributed by atoms with Crippen LogP contribution in [-0.4, -0.2) is 36.6 Å². The van der Waals surface area contributed by atoms with Gasteiger partial charge in [0.05, 0.1) is 0 Å². The second-order valence-electron chi connectivity index (χ2n) is 6.58. The lowest BCUT2D eigenvalue weighted by atomic mass is 9.92. The van der Waals surface area contributed by atoms with Gasteiger partial charge < -0.3 is 10.6 Å². The number of rotatable bonds is 5. The molecule has 0 aromatic rings. The van der Waals surface area contributed by atoms with Crippen molar-refractivity contribution in [3.8, 4) is 0 Å². The van der Waals surface area contributed by atoms with Crippen molar-refractivity contribution in [2.45, 2.75) is 64.7 Å². The van der Waals surface area contributed by atoms with Crippen LogP contribution in [0.5, 0.6) is 0 Å². The normalized spacial score (nSPS) is 23.4. The third kappa shape index (κ3) is 8.60. The van der Waals surface area contributed by atoms with Gasteiger partial charge in [-0.3, -0.25) is 4.99 Å². The highest BCUT2D eigenvalue weighted by Gasteiger charge is 2.24. The van der Waals surface area contributed by atoms with Gasteiger partial charge in [0.1, 0.15) is 0 Å². The summed E-state index contributed by atoms with van der Waals surface area (Å²) in [5.74, 6) is 0.999. The maximum Gasteiger partial charge on any atom is 0.191 e. The van der Waals surface area contributed by atoms with E-state index in [2.05, 4.69) is 44.6 Å². The van der Waals surface area contributed by atoms with E-state index in [0.717, 1.165) is 30.7 Å². The zero-order chi connectivity index (χ0) is 14.3. The van der Waals surface area contributed by atoms with Gasteiger partial charge in [-0.2, -0.15) is 11.8 Å². The number of aliphatic imine (C=N–C) groups is 1. The lowest BCUT2D eigenvalue weighted by Crippen LogP contribution is -2.42. The lowest BCUT2D eigenvalue weighted by Gasteiger charge is -2.19. The Bertz CT molecular complexity index is 289. The Hall–Kier alpha value is 0.350. The summed E-state index contributed by atoms with van der Waals surface area (Å²) >= 11 is 2.00. The summed E-state index contributed by atoms with van der Waals surface area (Å²) in [6.45, 7) is 10.8. The number of nitrogens with one attached hydrogen (secondary N) is 2. The quantitative estimate of drug-likeness (QED) is 0.408. The molecule has 0 aliphatic heterocycles. The predicted octanol–water partition coefficient (Wildman–Crippen LogP) is 3.88. The number of halogens is 1. The molecule has 20 heavy (non-hydrogen) atoms. The maximum atomic E-state index is 4.70. The number of hydrogen-bond donors (Lipinski definition) is 2. The minimum Gasteiger partial charge on any atom is -0.357 e. The van der Waals surface area contributed by atoms with Crippen LogP contribution in [-0.2, 0) is 0 Å². The Kier molecular flexibility index (Phi) is 10.3. The van der Waals surface area contributed by atoms with Crippen LogP contribution >= 0.6 is 35.7 Å². The molecule has 0 bridgehead atoms. The van der Waals surface area contributed by atoms with E-state index < -0.39 is 0 Å². The molecule has 0 spiro atoms. The molecule has 0 amide bonds. The largest absolute Gasteiger partial charge is 0.357 e. The molecule has 1 aliphatic rings. The molecular formula is C15H32IN3S. The average molecular weight is 413 g/mol. The molecule has 2 unspecified atom stereocenters. The zero-order valence-electron chi connectivity index (χ0n) is 13.7. The van der Waals surface area contributed by atoms with E-state index >= 15 is 0 Å². The van der Waals surface area contributed by atoms with Gasteiger partial charge in [-0.25, -0.2) is 0 Å². The molecule has 0 aromatic carbocycles. The van der Waals surface area contributed by atoms with E-state index in [1.807, 2.05) is 11.8 Å². The van der Waals surface area contributed by atoms with Crippen molar-refractivity contribution in [3.05, 3.63) is 0 Å². The third-order valence-corrected chi connectivity index (χ3v) is 4.63. The first kappa shape index (κ1) is 20.3. The van der Waals surface area contributed by atoms with Crippen molar-refractivity contribution < 1.29 is 0 Å². The molecule has 1 rings (SSSR count). The van der Waals surface area contributed by atoms with Crippen LogP contribution in [0.4, 0.5) is 0 Å². The minimum atomic E-state index is 0. The van der Waals surface area contributed by atoms with Gasteiger partial charge in [0.2, 0.25) is 0 Å². The maximum absolute atomic E-state index is 4.70. The van der Waals surface area contributed by atoms with E-state index in [9.17, 15) is 0 Å². The van der Waals surface area contributed by atoms with Gasteiger partial charge in [-0.05, 0) is 44.3 Å². The Labute approximate surface area is 146 Å². The van der Waals surface area contributed by atoms with Crippen LogP contribution in [0.15, 0.2) is 4.99 Å². The van der Waals surface area contributed by atoms with E-state index in [1.54, 1.807) is 0 Å². The zero-order valence-corrected chi connectivity index (χ0v) is 16.8. The fourth-order valence-corrected chi connectivity index (χ4v) is 3.10. The highest BCUT2D eigenvalue weighted by Crippen LogP contribution is 2.28. The Morgan fingerprint density at radius 1 is 1.30 bits per heavy atom. The van der Waals surface area contributed by atoms with Crippen LogP contribution in [0, 0.1) is 5.41 Å². The van der Waals surface area contributed by atoms with Crippen LogP contribution in [0.3, 0.4) is 0 Å². The fourth-order valence-electron chi connectivity index (χ4n) is 2.30. The standard InChI is InChI=1S/C15H31N3S.HI/c1-6-16-14(17-10-9-15(2,3)4)18-12-7-8-13(11-12)19-5;/h12-13H,6-11H2,1-5H3,(H2,16,17,18);1H. The van der Waals surface area contributed by atoms with Crippen molar-refractivity contribution in [3.63, 3.8) is 0 Å². The average Bonchev–Trinajstić information content (AvgIpc) is 2.75. The summed E-state index contributed by atoms with van der Waals surface area (Å²) in [5, 5.41) is 7.78. The lowest BCUT2D eigenvalue weighted by molar-refractivity contribution is 0.384. The fraction of sp³-hybridized carbons (Fsp3) is 0.933. The molecule has 2 N–H and O–H groups in total. The van der Waals surface area contributed by atoms with E-state index in [4.69, 9.17) is 4.99 Å². The Morgan fingerprint density at radius 3 is 2.50 bits per heavy atom. The van der Waals surface area contributed by atoms with Crippen molar-refractivity contribution >= 4 is 41.7 Å². The van der Waals surface area contributed by atoms with E-state index in [-0.39, 0.29) is 24.0 Å². The van der Waals surface area contributed by atoms with Gasteiger partial charge in [0, 0.05) is 24.4 Å². The molecule has 2 atom stereocenters. The number of thioether (sulfide) groups is 1. The monoisotopic (exact) mass is 413 g/mol. The summed E-state index contributed by atoms with van der Waals surface area (Å²) in [7, 11) is 0. The first-order valence-electron chi connectivity index (χ1n) is 7.52. The molecule has 3 nitrogen and oxygen atoms in total. The first-order valence-corrected chi connectivity index (χ1v) is 8.81. The molecule has 0 saturated heterocycles. The van der Waals surface area contributed by atoms with Gasteiger partial charge in [0.25, 0.3) is 0 Å². The topological polar surface area (TPSA) is 36.4 Å². The third-order valence-electron chi connectivity index (χ3n) is 3.53. The van der Waals surface area contributed by atoms with Crippen molar-refractivity contribution in [2.24, 2.45) is 10.4 Å². The van der Waals surface area contributed by atoms with Gasteiger partial charge in [-0.1, -0.05) is 20.8 Å². The van der Waals surface area contributed by atoms with Gasteiger partial charge >= 0.3 is 0 Å². The smallest absolute Gasteiger partial charge is 0.191 e. The van der Waals surface area contributed by atoms with E-state index in [0.29, 0.717) is 11.5 Å². The van der Waals surface area contributed by atoms with Crippen molar-refractivity contribution in [1.82, 2.24) is 10.6 Å². The number of guanidine groups is 1. The highest BCUT2D eigenvalue weighted by molar-refractivity contribution is 14.0. The Balaban J connectivity index is 0.00000361. The molecular weight excluding hydrogens is 381 g/mol. The van der Waals surface area contributed by atoms with Crippen LogP contribution in [0.1, 0.15) is 53.4 Å².